The number of rotatable bonds is 6. The molecule has 0 bridgehead atoms. The fourth-order valence-electron chi connectivity index (χ4n) is 1.97. The minimum atomic E-state index is -1.12. The largest absolute Gasteiger partial charge is 0.467 e. The van der Waals surface area contributed by atoms with Gasteiger partial charge in [-0.1, -0.05) is 0 Å². The van der Waals surface area contributed by atoms with E-state index < -0.39 is 5.60 Å². The normalized spacial score (nSPS) is 14.0. The van der Waals surface area contributed by atoms with Crippen LogP contribution in [-0.2, 0) is 12.1 Å². The summed E-state index contributed by atoms with van der Waals surface area (Å²) in [6.45, 7) is 6.98. The van der Waals surface area contributed by atoms with Crippen molar-refractivity contribution in [2.24, 2.45) is 4.99 Å². The molecule has 0 amide bonds. The van der Waals surface area contributed by atoms with Gasteiger partial charge < -0.3 is 24.6 Å². The summed E-state index contributed by atoms with van der Waals surface area (Å²) >= 11 is 0. The van der Waals surface area contributed by atoms with Crippen LogP contribution >= 0.6 is 24.0 Å². The number of hydrogen-bond donors (Lipinski definition) is 3. The molecule has 128 valence electrons. The second kappa shape index (κ2) is 8.97. The van der Waals surface area contributed by atoms with Gasteiger partial charge in [-0.3, -0.25) is 0 Å². The van der Waals surface area contributed by atoms with E-state index in [2.05, 4.69) is 15.6 Å². The van der Waals surface area contributed by atoms with Gasteiger partial charge in [0.1, 0.15) is 29.4 Å². The maximum Gasteiger partial charge on any atom is 0.191 e. The molecule has 23 heavy (non-hydrogen) atoms. The van der Waals surface area contributed by atoms with Crippen LogP contribution in [0.15, 0.2) is 44.4 Å². The van der Waals surface area contributed by atoms with Crippen molar-refractivity contribution in [2.45, 2.75) is 32.9 Å². The highest BCUT2D eigenvalue weighted by molar-refractivity contribution is 14.0. The summed E-state index contributed by atoms with van der Waals surface area (Å²) in [5.41, 5.74) is -1.12. The number of furan rings is 2. The van der Waals surface area contributed by atoms with Crippen molar-refractivity contribution in [3.8, 4) is 0 Å². The molecule has 7 heteroatoms. The molecule has 6 nitrogen and oxygen atoms in total. The molecule has 0 saturated carbocycles. The average Bonchev–Trinajstić information content (AvgIpc) is 3.13. The van der Waals surface area contributed by atoms with Crippen LogP contribution in [0.1, 0.15) is 31.1 Å². The molecule has 2 rings (SSSR count). The highest BCUT2D eigenvalue weighted by atomic mass is 127. The van der Waals surface area contributed by atoms with Crippen LogP contribution in [0.25, 0.3) is 0 Å². The number of nitrogens with zero attached hydrogens (tertiary/aromatic N) is 1. The van der Waals surface area contributed by atoms with Gasteiger partial charge in [0.2, 0.25) is 0 Å². The summed E-state index contributed by atoms with van der Waals surface area (Å²) < 4.78 is 10.7. The Hall–Kier alpha value is -1.48. The Morgan fingerprint density at radius 3 is 2.65 bits per heavy atom. The molecule has 0 aliphatic heterocycles. The highest BCUT2D eigenvalue weighted by Gasteiger charge is 2.27. The standard InChI is InChI=1S/C16H23N3O3.HI/c1-4-17-15(18-10-13-6-5-9-21-13)19-11-16(3,20)14-8-7-12(2)22-14;/h5-9,20H,4,10-11H2,1-3H3,(H2,17,18,19);1H. The average molecular weight is 433 g/mol. The first-order valence-electron chi connectivity index (χ1n) is 7.35. The minimum Gasteiger partial charge on any atom is -0.467 e. The van der Waals surface area contributed by atoms with Crippen molar-refractivity contribution >= 4 is 29.9 Å². The fourth-order valence-corrected chi connectivity index (χ4v) is 1.97. The van der Waals surface area contributed by atoms with E-state index in [-0.39, 0.29) is 30.5 Å². The zero-order valence-electron chi connectivity index (χ0n) is 13.6. The number of hydrogen-bond acceptors (Lipinski definition) is 4. The molecule has 0 fully saturated rings. The third-order valence-corrected chi connectivity index (χ3v) is 3.19. The molecule has 0 spiro atoms. The van der Waals surface area contributed by atoms with Crippen LogP contribution in [0.2, 0.25) is 0 Å². The third kappa shape index (κ3) is 5.91. The summed E-state index contributed by atoms with van der Waals surface area (Å²) in [6, 6.07) is 7.31. The lowest BCUT2D eigenvalue weighted by atomic mass is 10.0. The molecular formula is C16H24IN3O3. The quantitative estimate of drug-likeness (QED) is 0.371. The van der Waals surface area contributed by atoms with Gasteiger partial charge in [-0.15, -0.1) is 24.0 Å². The van der Waals surface area contributed by atoms with E-state index in [4.69, 9.17) is 8.83 Å². The monoisotopic (exact) mass is 433 g/mol. The van der Waals surface area contributed by atoms with E-state index in [0.29, 0.717) is 18.3 Å². The lowest BCUT2D eigenvalue weighted by Crippen LogP contribution is -2.44. The molecule has 2 aromatic rings. The number of halogens is 1. The van der Waals surface area contributed by atoms with Gasteiger partial charge in [0.25, 0.3) is 0 Å². The van der Waals surface area contributed by atoms with Crippen LogP contribution in [0, 0.1) is 6.92 Å². The molecule has 1 atom stereocenters. The third-order valence-electron chi connectivity index (χ3n) is 3.19. The van der Waals surface area contributed by atoms with Gasteiger partial charge in [-0.05, 0) is 45.0 Å². The SMILES string of the molecule is CCNC(=NCc1ccco1)NCC(C)(O)c1ccc(C)o1.I. The molecule has 0 aliphatic carbocycles. The smallest absolute Gasteiger partial charge is 0.191 e. The van der Waals surface area contributed by atoms with E-state index in [1.54, 1.807) is 19.3 Å². The molecule has 0 aromatic carbocycles. The second-order valence-electron chi connectivity index (χ2n) is 5.31. The molecule has 2 aromatic heterocycles. The van der Waals surface area contributed by atoms with Crippen molar-refractivity contribution in [3.63, 3.8) is 0 Å². The molecule has 2 heterocycles. The van der Waals surface area contributed by atoms with E-state index in [9.17, 15) is 5.11 Å². The predicted molar refractivity (Wildman–Crippen MR) is 100.0 cm³/mol. The maximum absolute atomic E-state index is 10.5. The van der Waals surface area contributed by atoms with Crippen LogP contribution in [0.3, 0.4) is 0 Å². The Morgan fingerprint density at radius 2 is 2.09 bits per heavy atom. The number of nitrogens with one attached hydrogen (secondary N) is 2. The Bertz CT molecular complexity index is 606. The van der Waals surface area contributed by atoms with Gasteiger partial charge in [-0.25, -0.2) is 4.99 Å². The molecule has 0 radical (unpaired) electrons. The Labute approximate surface area is 153 Å². The number of aliphatic hydroxyl groups is 1. The van der Waals surface area contributed by atoms with Gasteiger partial charge in [-0.2, -0.15) is 0 Å². The zero-order valence-corrected chi connectivity index (χ0v) is 16.0. The van der Waals surface area contributed by atoms with Crippen LogP contribution < -0.4 is 10.6 Å². The topological polar surface area (TPSA) is 82.9 Å². The maximum atomic E-state index is 10.5. The van der Waals surface area contributed by atoms with E-state index in [1.807, 2.05) is 32.0 Å². The van der Waals surface area contributed by atoms with Crippen molar-refractivity contribution in [2.75, 3.05) is 13.1 Å². The van der Waals surface area contributed by atoms with E-state index in [1.165, 1.54) is 0 Å². The zero-order chi connectivity index (χ0) is 16.0. The van der Waals surface area contributed by atoms with Crippen LogP contribution in [0.4, 0.5) is 0 Å². The molecule has 0 saturated heterocycles. The summed E-state index contributed by atoms with van der Waals surface area (Å²) in [7, 11) is 0. The lowest BCUT2D eigenvalue weighted by molar-refractivity contribution is 0.0378. The van der Waals surface area contributed by atoms with Crippen molar-refractivity contribution < 1.29 is 13.9 Å². The number of aryl methyl sites for hydroxylation is 1. The summed E-state index contributed by atoms with van der Waals surface area (Å²) in [5.74, 6) is 2.70. The fraction of sp³-hybridized carbons (Fsp3) is 0.438. The number of guanidine groups is 1. The van der Waals surface area contributed by atoms with Crippen LogP contribution in [-0.4, -0.2) is 24.2 Å². The molecule has 0 aliphatic rings. The molecule has 1 unspecified atom stereocenters. The van der Waals surface area contributed by atoms with Crippen molar-refractivity contribution in [1.82, 2.24) is 10.6 Å². The Balaban J connectivity index is 0.00000264. The van der Waals surface area contributed by atoms with Crippen molar-refractivity contribution in [1.29, 1.82) is 0 Å². The Kier molecular flexibility index (Phi) is 7.63. The summed E-state index contributed by atoms with van der Waals surface area (Å²) in [4.78, 5) is 4.42. The van der Waals surface area contributed by atoms with E-state index >= 15 is 0 Å². The Morgan fingerprint density at radius 1 is 1.30 bits per heavy atom. The first kappa shape index (κ1) is 19.6. The molecular weight excluding hydrogens is 409 g/mol. The second-order valence-corrected chi connectivity index (χ2v) is 5.31. The van der Waals surface area contributed by atoms with Crippen molar-refractivity contribution in [3.05, 3.63) is 47.8 Å². The predicted octanol–water partition coefficient (Wildman–Crippen LogP) is 2.76. The first-order valence-corrected chi connectivity index (χ1v) is 7.35. The summed E-state index contributed by atoms with van der Waals surface area (Å²) in [5, 5.41) is 16.8. The number of aliphatic imine (C=N–C) groups is 1. The van der Waals surface area contributed by atoms with E-state index in [0.717, 1.165) is 18.1 Å². The summed E-state index contributed by atoms with van der Waals surface area (Å²) in [6.07, 6.45) is 1.62. The molecule has 3 N–H and O–H groups in total. The minimum absolute atomic E-state index is 0. The van der Waals surface area contributed by atoms with Gasteiger partial charge in [0.15, 0.2) is 5.96 Å². The van der Waals surface area contributed by atoms with Gasteiger partial charge in [0.05, 0.1) is 12.8 Å². The van der Waals surface area contributed by atoms with Gasteiger partial charge in [0, 0.05) is 6.54 Å². The lowest BCUT2D eigenvalue weighted by Gasteiger charge is -2.22. The van der Waals surface area contributed by atoms with Crippen LogP contribution in [0.5, 0.6) is 0 Å². The van der Waals surface area contributed by atoms with Gasteiger partial charge >= 0.3 is 0 Å². The highest BCUT2D eigenvalue weighted by Crippen LogP contribution is 2.21. The first-order chi connectivity index (χ1) is 10.5.